The Balaban J connectivity index is 2.11. The third kappa shape index (κ3) is 2.09. The first-order chi connectivity index (χ1) is 9.67. The van der Waals surface area contributed by atoms with E-state index in [1.807, 2.05) is 11.3 Å². The smallest absolute Gasteiger partial charge is 0.118 e. The Labute approximate surface area is 125 Å². The summed E-state index contributed by atoms with van der Waals surface area (Å²) in [5.74, 6) is 0. The van der Waals surface area contributed by atoms with Gasteiger partial charge in [0.1, 0.15) is 5.01 Å². The summed E-state index contributed by atoms with van der Waals surface area (Å²) in [6.45, 7) is 7.54. The van der Waals surface area contributed by atoms with Crippen LogP contribution in [0.15, 0.2) is 24.3 Å². The lowest BCUT2D eigenvalue weighted by molar-refractivity contribution is 0.397. The van der Waals surface area contributed by atoms with E-state index in [1.54, 1.807) is 0 Å². The molecule has 1 aliphatic rings. The van der Waals surface area contributed by atoms with Gasteiger partial charge in [-0.05, 0) is 50.8 Å². The molecule has 1 aromatic carbocycles. The lowest BCUT2D eigenvalue weighted by Crippen LogP contribution is -2.42. The Hall–Kier alpha value is -1.19. The molecule has 1 heterocycles. The van der Waals surface area contributed by atoms with Gasteiger partial charge in [0.15, 0.2) is 0 Å². The van der Waals surface area contributed by atoms with Crippen LogP contribution in [0.4, 0.5) is 0 Å². The van der Waals surface area contributed by atoms with Crippen molar-refractivity contribution in [1.29, 1.82) is 0 Å². The summed E-state index contributed by atoms with van der Waals surface area (Å²) in [4.78, 5) is 6.21. The van der Waals surface area contributed by atoms with Crippen LogP contribution < -0.4 is 5.32 Å². The third-order valence-corrected chi connectivity index (χ3v) is 5.55. The molecule has 0 radical (unpaired) electrons. The number of benzene rings is 1. The van der Waals surface area contributed by atoms with Gasteiger partial charge in [0, 0.05) is 4.88 Å². The molecule has 0 saturated heterocycles. The van der Waals surface area contributed by atoms with Crippen molar-refractivity contribution < 1.29 is 0 Å². The SMILES string of the molecule is CCCNC1(c2nc(C)c(C)s2)CCc2ccccc21. The number of nitrogens with one attached hydrogen (secondary N) is 1. The third-order valence-electron chi connectivity index (χ3n) is 4.32. The molecular formula is C17H22N2S. The summed E-state index contributed by atoms with van der Waals surface area (Å²) in [6.07, 6.45) is 3.41. The van der Waals surface area contributed by atoms with Gasteiger partial charge in [0.25, 0.3) is 0 Å². The molecule has 0 aliphatic heterocycles. The predicted molar refractivity (Wildman–Crippen MR) is 85.4 cm³/mol. The van der Waals surface area contributed by atoms with E-state index in [0.717, 1.165) is 25.8 Å². The van der Waals surface area contributed by atoms with Crippen molar-refractivity contribution in [2.75, 3.05) is 6.54 Å². The highest BCUT2D eigenvalue weighted by molar-refractivity contribution is 7.11. The van der Waals surface area contributed by atoms with Gasteiger partial charge >= 0.3 is 0 Å². The number of rotatable bonds is 4. The van der Waals surface area contributed by atoms with Gasteiger partial charge in [-0.25, -0.2) is 4.98 Å². The van der Waals surface area contributed by atoms with Crippen LogP contribution in [0, 0.1) is 13.8 Å². The van der Waals surface area contributed by atoms with Crippen LogP contribution in [-0.4, -0.2) is 11.5 Å². The Bertz CT molecular complexity index is 598. The molecule has 20 heavy (non-hydrogen) atoms. The van der Waals surface area contributed by atoms with Crippen LogP contribution in [0.1, 0.15) is 46.5 Å². The van der Waals surface area contributed by atoms with Crippen molar-refractivity contribution >= 4 is 11.3 Å². The molecule has 106 valence electrons. The monoisotopic (exact) mass is 286 g/mol. The van der Waals surface area contributed by atoms with Crippen LogP contribution in [0.5, 0.6) is 0 Å². The number of aryl methyl sites for hydroxylation is 3. The first kappa shape index (κ1) is 13.8. The van der Waals surface area contributed by atoms with Crippen LogP contribution in [0.3, 0.4) is 0 Å². The minimum Gasteiger partial charge on any atom is -0.302 e. The Kier molecular flexibility index (Phi) is 3.65. The van der Waals surface area contributed by atoms with Gasteiger partial charge in [-0.15, -0.1) is 11.3 Å². The van der Waals surface area contributed by atoms with Gasteiger partial charge in [-0.3, -0.25) is 0 Å². The Morgan fingerprint density at radius 2 is 2.10 bits per heavy atom. The zero-order valence-electron chi connectivity index (χ0n) is 12.5. The minimum atomic E-state index is -0.0592. The molecule has 0 amide bonds. The second-order valence-corrected chi connectivity index (χ2v) is 6.85. The zero-order chi connectivity index (χ0) is 14.2. The van der Waals surface area contributed by atoms with E-state index in [1.165, 1.54) is 26.7 Å². The van der Waals surface area contributed by atoms with Crippen molar-refractivity contribution in [1.82, 2.24) is 10.3 Å². The summed E-state index contributed by atoms with van der Waals surface area (Å²) >= 11 is 1.85. The Morgan fingerprint density at radius 1 is 1.30 bits per heavy atom. The van der Waals surface area contributed by atoms with Crippen LogP contribution in [-0.2, 0) is 12.0 Å². The molecule has 1 atom stereocenters. The molecular weight excluding hydrogens is 264 g/mol. The van der Waals surface area contributed by atoms with Crippen molar-refractivity contribution in [2.45, 2.75) is 45.6 Å². The molecule has 0 spiro atoms. The maximum absolute atomic E-state index is 4.87. The number of thiazole rings is 1. The maximum Gasteiger partial charge on any atom is 0.118 e. The van der Waals surface area contributed by atoms with E-state index in [-0.39, 0.29) is 5.54 Å². The van der Waals surface area contributed by atoms with Crippen LogP contribution >= 0.6 is 11.3 Å². The topological polar surface area (TPSA) is 24.9 Å². The lowest BCUT2D eigenvalue weighted by atomic mass is 9.92. The fraction of sp³-hybridized carbons (Fsp3) is 0.471. The number of aromatic nitrogens is 1. The van der Waals surface area contributed by atoms with E-state index in [2.05, 4.69) is 50.4 Å². The zero-order valence-corrected chi connectivity index (χ0v) is 13.3. The highest BCUT2D eigenvalue weighted by Gasteiger charge is 2.42. The molecule has 0 saturated carbocycles. The summed E-state index contributed by atoms with van der Waals surface area (Å²) < 4.78 is 0. The van der Waals surface area contributed by atoms with Gasteiger partial charge in [0.2, 0.25) is 0 Å². The largest absolute Gasteiger partial charge is 0.302 e. The molecule has 2 nitrogen and oxygen atoms in total. The average molecular weight is 286 g/mol. The van der Waals surface area contributed by atoms with Gasteiger partial charge in [-0.1, -0.05) is 31.2 Å². The van der Waals surface area contributed by atoms with Gasteiger partial charge in [0.05, 0.1) is 11.2 Å². The van der Waals surface area contributed by atoms with Crippen LogP contribution in [0.2, 0.25) is 0 Å². The maximum atomic E-state index is 4.87. The molecule has 3 rings (SSSR count). The fourth-order valence-corrected chi connectivity index (χ4v) is 4.21. The van der Waals surface area contributed by atoms with E-state index < -0.39 is 0 Å². The highest BCUT2D eigenvalue weighted by atomic mass is 32.1. The molecule has 0 bridgehead atoms. The number of fused-ring (bicyclic) bond motifs is 1. The number of hydrogen-bond acceptors (Lipinski definition) is 3. The molecule has 1 N–H and O–H groups in total. The molecule has 1 unspecified atom stereocenters. The van der Waals surface area contributed by atoms with E-state index >= 15 is 0 Å². The quantitative estimate of drug-likeness (QED) is 0.920. The van der Waals surface area contributed by atoms with Crippen molar-refractivity contribution in [2.24, 2.45) is 0 Å². The first-order valence-corrected chi connectivity index (χ1v) is 8.27. The van der Waals surface area contributed by atoms with Crippen molar-refractivity contribution in [3.05, 3.63) is 51.0 Å². The van der Waals surface area contributed by atoms with Crippen LogP contribution in [0.25, 0.3) is 0 Å². The molecule has 2 aromatic rings. The second kappa shape index (κ2) is 5.30. The number of hydrogen-bond donors (Lipinski definition) is 1. The molecule has 1 aliphatic carbocycles. The normalized spacial score (nSPS) is 21.1. The molecule has 1 aromatic heterocycles. The van der Waals surface area contributed by atoms with Crippen molar-refractivity contribution in [3.63, 3.8) is 0 Å². The van der Waals surface area contributed by atoms with Crippen molar-refractivity contribution in [3.8, 4) is 0 Å². The lowest BCUT2D eigenvalue weighted by Gasteiger charge is -2.30. The minimum absolute atomic E-state index is 0.0592. The van der Waals surface area contributed by atoms with Gasteiger partial charge < -0.3 is 5.32 Å². The predicted octanol–water partition coefficient (Wildman–Crippen LogP) is 3.95. The van der Waals surface area contributed by atoms with E-state index in [0.29, 0.717) is 0 Å². The number of nitrogens with zero attached hydrogens (tertiary/aromatic N) is 1. The summed E-state index contributed by atoms with van der Waals surface area (Å²) in [7, 11) is 0. The van der Waals surface area contributed by atoms with E-state index in [4.69, 9.17) is 4.98 Å². The highest BCUT2D eigenvalue weighted by Crippen LogP contribution is 2.43. The standard InChI is InChI=1S/C17H22N2S/c1-4-11-18-17(16-19-12(2)13(3)20-16)10-9-14-7-5-6-8-15(14)17/h5-8,18H,4,9-11H2,1-3H3. The fourth-order valence-electron chi connectivity index (χ4n) is 3.09. The van der Waals surface area contributed by atoms with E-state index in [9.17, 15) is 0 Å². The molecule has 0 fully saturated rings. The molecule has 3 heteroatoms. The first-order valence-electron chi connectivity index (χ1n) is 7.45. The summed E-state index contributed by atoms with van der Waals surface area (Å²) in [5, 5.41) is 5.05. The average Bonchev–Trinajstić information content (AvgIpc) is 2.99. The summed E-state index contributed by atoms with van der Waals surface area (Å²) in [6, 6.07) is 8.84. The Morgan fingerprint density at radius 3 is 2.80 bits per heavy atom. The van der Waals surface area contributed by atoms with Gasteiger partial charge in [-0.2, -0.15) is 0 Å². The summed E-state index contributed by atoms with van der Waals surface area (Å²) in [5.41, 5.74) is 4.02. The second-order valence-electron chi connectivity index (χ2n) is 5.65.